The van der Waals surface area contributed by atoms with Crippen molar-refractivity contribution < 1.29 is 4.57 Å². The van der Waals surface area contributed by atoms with Gasteiger partial charge in [0.15, 0.2) is 0 Å². The largest absolute Gasteiger partial charge is 0.244 e. The fourth-order valence-corrected chi connectivity index (χ4v) is 3.46. The van der Waals surface area contributed by atoms with E-state index in [4.69, 9.17) is 0 Å². The zero-order valence-electron chi connectivity index (χ0n) is 15.4. The highest BCUT2D eigenvalue weighted by molar-refractivity contribution is 4.86. The van der Waals surface area contributed by atoms with E-state index < -0.39 is 0 Å². The smallest absolute Gasteiger partial charge is 0.237 e. The molecule has 1 aromatic rings. The molecule has 1 heterocycles. The van der Waals surface area contributed by atoms with Crippen LogP contribution >= 0.6 is 0 Å². The lowest BCUT2D eigenvalue weighted by Crippen LogP contribution is -2.37. The molecular weight excluding hydrogens is 256 g/mol. The molecule has 0 N–H and O–H groups in total. The molecule has 0 aliphatic rings. The van der Waals surface area contributed by atoms with E-state index in [1.165, 1.54) is 32.1 Å². The number of imidazole rings is 1. The van der Waals surface area contributed by atoms with Crippen molar-refractivity contribution in [2.75, 3.05) is 0 Å². The Morgan fingerprint density at radius 3 is 2.29 bits per heavy atom. The van der Waals surface area contributed by atoms with Gasteiger partial charge in [0.25, 0.3) is 0 Å². The molecule has 0 aromatic carbocycles. The minimum absolute atomic E-state index is 0.175. The van der Waals surface area contributed by atoms with Crippen LogP contribution in [0.5, 0.6) is 0 Å². The zero-order chi connectivity index (χ0) is 16.1. The Kier molecular flexibility index (Phi) is 6.49. The number of hydrogen-bond donors (Lipinski definition) is 0. The molecule has 0 radical (unpaired) electrons. The number of hydrogen-bond acceptors (Lipinski definition) is 0. The third-order valence-corrected chi connectivity index (χ3v) is 4.37. The summed E-state index contributed by atoms with van der Waals surface area (Å²) in [5, 5.41) is 0. The standard InChI is InChI=1S/C19H37N2/c1-8-10-11-17(9-2)14-20-12-13-21(16-20)19(6,7)15-18(3,4)5/h12-13,16-17H,8-11,14-15H2,1-7H3/q+1. The van der Waals surface area contributed by atoms with Gasteiger partial charge in [-0.15, -0.1) is 0 Å². The molecule has 1 atom stereocenters. The fourth-order valence-electron chi connectivity index (χ4n) is 3.46. The Hall–Kier alpha value is -0.790. The highest BCUT2D eigenvalue weighted by Gasteiger charge is 2.31. The third-order valence-electron chi connectivity index (χ3n) is 4.37. The van der Waals surface area contributed by atoms with Crippen LogP contribution in [0.3, 0.4) is 0 Å². The topological polar surface area (TPSA) is 8.81 Å². The number of unbranched alkanes of at least 4 members (excludes halogenated alkanes) is 1. The molecule has 1 rings (SSSR count). The number of nitrogens with zero attached hydrogens (tertiary/aromatic N) is 2. The van der Waals surface area contributed by atoms with Gasteiger partial charge in [-0.25, -0.2) is 9.13 Å². The van der Waals surface area contributed by atoms with E-state index in [2.05, 4.69) is 76.3 Å². The summed E-state index contributed by atoms with van der Waals surface area (Å²) in [4.78, 5) is 0. The lowest BCUT2D eigenvalue weighted by molar-refractivity contribution is -0.703. The van der Waals surface area contributed by atoms with Crippen LogP contribution in [0.4, 0.5) is 0 Å². The van der Waals surface area contributed by atoms with Crippen LogP contribution in [0, 0.1) is 11.3 Å². The molecule has 0 aliphatic carbocycles. The van der Waals surface area contributed by atoms with Crippen molar-refractivity contribution in [2.45, 2.75) is 92.7 Å². The Bertz CT molecular complexity index is 409. The summed E-state index contributed by atoms with van der Waals surface area (Å²) < 4.78 is 4.78. The summed E-state index contributed by atoms with van der Waals surface area (Å²) in [6.07, 6.45) is 13.3. The van der Waals surface area contributed by atoms with Crippen molar-refractivity contribution in [3.05, 3.63) is 18.7 Å². The lowest BCUT2D eigenvalue weighted by atomic mass is 9.82. The monoisotopic (exact) mass is 293 g/mol. The molecule has 0 saturated heterocycles. The predicted molar refractivity (Wildman–Crippen MR) is 91.3 cm³/mol. The van der Waals surface area contributed by atoms with E-state index in [1.807, 2.05) is 0 Å². The van der Waals surface area contributed by atoms with E-state index in [0.29, 0.717) is 5.41 Å². The van der Waals surface area contributed by atoms with Crippen molar-refractivity contribution in [2.24, 2.45) is 11.3 Å². The Labute approximate surface area is 132 Å². The Morgan fingerprint density at radius 2 is 1.76 bits per heavy atom. The van der Waals surface area contributed by atoms with E-state index in [1.54, 1.807) is 0 Å². The van der Waals surface area contributed by atoms with Gasteiger partial charge in [0.2, 0.25) is 6.33 Å². The molecule has 2 nitrogen and oxygen atoms in total. The van der Waals surface area contributed by atoms with Crippen molar-refractivity contribution in [3.63, 3.8) is 0 Å². The van der Waals surface area contributed by atoms with Gasteiger partial charge >= 0.3 is 0 Å². The van der Waals surface area contributed by atoms with Crippen molar-refractivity contribution in [3.8, 4) is 0 Å². The first kappa shape index (κ1) is 18.3. The van der Waals surface area contributed by atoms with Crippen LogP contribution in [0.2, 0.25) is 0 Å². The van der Waals surface area contributed by atoms with Crippen LogP contribution in [0.15, 0.2) is 18.7 Å². The van der Waals surface area contributed by atoms with Gasteiger partial charge in [-0.3, -0.25) is 0 Å². The van der Waals surface area contributed by atoms with Gasteiger partial charge < -0.3 is 0 Å². The van der Waals surface area contributed by atoms with Crippen LogP contribution in [0.25, 0.3) is 0 Å². The Morgan fingerprint density at radius 1 is 1.10 bits per heavy atom. The first-order valence-electron chi connectivity index (χ1n) is 8.75. The summed E-state index contributed by atoms with van der Waals surface area (Å²) in [5.74, 6) is 0.816. The van der Waals surface area contributed by atoms with Gasteiger partial charge in [-0.1, -0.05) is 47.5 Å². The molecule has 0 aliphatic heterocycles. The minimum atomic E-state index is 0.175. The first-order chi connectivity index (χ1) is 9.68. The van der Waals surface area contributed by atoms with Crippen LogP contribution < -0.4 is 4.57 Å². The van der Waals surface area contributed by atoms with Gasteiger partial charge in [0.05, 0.1) is 6.54 Å². The predicted octanol–water partition coefficient (Wildman–Crippen LogP) is 5.16. The maximum absolute atomic E-state index is 2.39. The van der Waals surface area contributed by atoms with E-state index >= 15 is 0 Å². The summed E-state index contributed by atoms with van der Waals surface area (Å²) >= 11 is 0. The quantitative estimate of drug-likeness (QED) is 0.585. The number of aromatic nitrogens is 2. The third kappa shape index (κ3) is 6.23. The van der Waals surface area contributed by atoms with Crippen LogP contribution in [-0.2, 0) is 12.1 Å². The minimum Gasteiger partial charge on any atom is -0.237 e. The fraction of sp³-hybridized carbons (Fsp3) is 0.842. The summed E-state index contributed by atoms with van der Waals surface area (Å²) in [5.41, 5.74) is 0.528. The van der Waals surface area contributed by atoms with E-state index in [-0.39, 0.29) is 5.54 Å². The van der Waals surface area contributed by atoms with Crippen LogP contribution in [-0.4, -0.2) is 4.57 Å². The molecule has 0 amide bonds. The summed E-state index contributed by atoms with van der Waals surface area (Å²) in [6.45, 7) is 17.4. The second-order valence-corrected chi connectivity index (χ2v) is 8.48. The highest BCUT2D eigenvalue weighted by atomic mass is 15.2. The molecule has 21 heavy (non-hydrogen) atoms. The second kappa shape index (κ2) is 7.47. The molecule has 0 bridgehead atoms. The van der Waals surface area contributed by atoms with Gasteiger partial charge in [-0.2, -0.15) is 0 Å². The SMILES string of the molecule is CCCCC(CC)C[n+]1ccn(C(C)(C)CC(C)(C)C)c1. The second-order valence-electron chi connectivity index (χ2n) is 8.48. The average Bonchev–Trinajstić information content (AvgIpc) is 2.80. The molecule has 1 aromatic heterocycles. The molecule has 122 valence electrons. The maximum Gasteiger partial charge on any atom is 0.244 e. The first-order valence-corrected chi connectivity index (χ1v) is 8.75. The normalized spacial score (nSPS) is 14.4. The zero-order valence-corrected chi connectivity index (χ0v) is 15.4. The molecule has 0 fully saturated rings. The van der Waals surface area contributed by atoms with Crippen molar-refractivity contribution in [1.82, 2.24) is 4.57 Å². The average molecular weight is 294 g/mol. The highest BCUT2D eigenvalue weighted by Crippen LogP contribution is 2.31. The number of rotatable bonds is 8. The van der Waals surface area contributed by atoms with Crippen LogP contribution in [0.1, 0.15) is 80.6 Å². The van der Waals surface area contributed by atoms with E-state index in [9.17, 15) is 0 Å². The van der Waals surface area contributed by atoms with Gasteiger partial charge in [0, 0.05) is 0 Å². The molecule has 2 heteroatoms. The summed E-state index contributed by atoms with van der Waals surface area (Å²) in [7, 11) is 0. The molecule has 0 saturated carbocycles. The molecule has 0 spiro atoms. The maximum atomic E-state index is 2.39. The molecular formula is C19H37N2+. The van der Waals surface area contributed by atoms with Gasteiger partial charge in [-0.05, 0) is 44.4 Å². The van der Waals surface area contributed by atoms with Crippen molar-refractivity contribution in [1.29, 1.82) is 0 Å². The molecule has 1 unspecified atom stereocenters. The Balaban J connectivity index is 2.71. The summed E-state index contributed by atoms with van der Waals surface area (Å²) in [6, 6.07) is 0. The van der Waals surface area contributed by atoms with Gasteiger partial charge in [0.1, 0.15) is 17.9 Å². The van der Waals surface area contributed by atoms with E-state index in [0.717, 1.165) is 12.5 Å². The lowest BCUT2D eigenvalue weighted by Gasteiger charge is -2.29. The van der Waals surface area contributed by atoms with Crippen molar-refractivity contribution >= 4 is 0 Å².